The number of rotatable bonds is 3. The standard InChI is InChI=1S/C20H22ClN7S/c21-18-15(6-7-24-19(18)23)29-17-5-4-14-20(27-17)25-10-16(26-14)28-12-2-1-3-13(28)9-11(22)8-12/h4-7,10-13H,1-3,8-9,22H2,(H2,23,24)/t11?,12-,13+. The molecule has 3 aromatic rings. The predicted octanol–water partition coefficient (Wildman–Crippen LogP) is 3.66. The van der Waals surface area contributed by atoms with E-state index in [1.165, 1.54) is 31.0 Å². The molecule has 150 valence electrons. The molecule has 0 aliphatic carbocycles. The summed E-state index contributed by atoms with van der Waals surface area (Å²) in [6, 6.07) is 6.95. The third-order valence-electron chi connectivity index (χ3n) is 5.74. The number of nitrogens with zero attached hydrogens (tertiary/aromatic N) is 5. The van der Waals surface area contributed by atoms with E-state index < -0.39 is 0 Å². The van der Waals surface area contributed by atoms with Gasteiger partial charge in [0.1, 0.15) is 22.2 Å². The molecular formula is C20H22ClN7S. The summed E-state index contributed by atoms with van der Waals surface area (Å²) in [4.78, 5) is 21.4. The van der Waals surface area contributed by atoms with Crippen LogP contribution in [0.4, 0.5) is 11.6 Å². The number of nitrogens with two attached hydrogens (primary N) is 2. The number of fused-ring (bicyclic) bond motifs is 3. The van der Waals surface area contributed by atoms with Gasteiger partial charge >= 0.3 is 0 Å². The Morgan fingerprint density at radius 1 is 1.07 bits per heavy atom. The summed E-state index contributed by atoms with van der Waals surface area (Å²) < 4.78 is 0. The van der Waals surface area contributed by atoms with Gasteiger partial charge in [-0.3, -0.25) is 0 Å². The Morgan fingerprint density at radius 3 is 2.66 bits per heavy atom. The number of hydrogen-bond acceptors (Lipinski definition) is 8. The highest BCUT2D eigenvalue weighted by Gasteiger charge is 2.37. The van der Waals surface area contributed by atoms with E-state index in [1.54, 1.807) is 6.20 Å². The van der Waals surface area contributed by atoms with E-state index >= 15 is 0 Å². The average molecular weight is 428 g/mol. The molecule has 0 amide bonds. The Balaban J connectivity index is 1.43. The summed E-state index contributed by atoms with van der Waals surface area (Å²) in [6.07, 6.45) is 9.16. The third-order valence-corrected chi connectivity index (χ3v) is 7.24. The van der Waals surface area contributed by atoms with Gasteiger partial charge in [0.05, 0.1) is 11.2 Å². The van der Waals surface area contributed by atoms with E-state index in [0.717, 1.165) is 34.1 Å². The molecule has 0 spiro atoms. The van der Waals surface area contributed by atoms with Gasteiger partial charge in [-0.1, -0.05) is 23.4 Å². The van der Waals surface area contributed by atoms with Crippen molar-refractivity contribution in [1.29, 1.82) is 0 Å². The number of aromatic nitrogens is 4. The molecule has 2 bridgehead atoms. The second-order valence-electron chi connectivity index (χ2n) is 7.71. The molecule has 4 N–H and O–H groups in total. The maximum absolute atomic E-state index is 6.26. The fraction of sp³-hybridized carbons (Fsp3) is 0.400. The number of halogens is 1. The second kappa shape index (κ2) is 7.59. The van der Waals surface area contributed by atoms with Crippen molar-refractivity contribution in [2.45, 2.75) is 60.2 Å². The van der Waals surface area contributed by atoms with Gasteiger partial charge in [0.25, 0.3) is 0 Å². The van der Waals surface area contributed by atoms with Crippen LogP contribution in [0.5, 0.6) is 0 Å². The first-order valence-corrected chi connectivity index (χ1v) is 11.0. The van der Waals surface area contributed by atoms with Gasteiger partial charge in [-0.25, -0.2) is 19.9 Å². The fourth-order valence-corrected chi connectivity index (χ4v) is 5.53. The topological polar surface area (TPSA) is 107 Å². The first-order valence-electron chi connectivity index (χ1n) is 9.84. The predicted molar refractivity (Wildman–Crippen MR) is 116 cm³/mol. The molecule has 1 unspecified atom stereocenters. The molecule has 0 saturated carbocycles. The minimum atomic E-state index is 0.297. The van der Waals surface area contributed by atoms with Crippen molar-refractivity contribution in [3.05, 3.63) is 35.6 Å². The molecule has 5 heterocycles. The number of nitrogen functional groups attached to an aromatic ring is 1. The molecule has 2 aliphatic heterocycles. The zero-order chi connectivity index (χ0) is 20.0. The third kappa shape index (κ3) is 3.60. The van der Waals surface area contributed by atoms with Gasteiger partial charge in [0.15, 0.2) is 5.65 Å². The van der Waals surface area contributed by atoms with E-state index in [-0.39, 0.29) is 0 Å². The van der Waals surface area contributed by atoms with Crippen molar-refractivity contribution in [3.63, 3.8) is 0 Å². The van der Waals surface area contributed by atoms with Crippen LogP contribution in [-0.4, -0.2) is 38.1 Å². The Hall–Kier alpha value is -2.16. The largest absolute Gasteiger partial charge is 0.382 e. The van der Waals surface area contributed by atoms with Gasteiger partial charge in [0.2, 0.25) is 0 Å². The molecule has 7 nitrogen and oxygen atoms in total. The molecule has 9 heteroatoms. The quantitative estimate of drug-likeness (QED) is 0.652. The molecule has 29 heavy (non-hydrogen) atoms. The molecule has 2 fully saturated rings. The normalized spacial score (nSPS) is 24.1. The van der Waals surface area contributed by atoms with Gasteiger partial charge in [-0.2, -0.15) is 0 Å². The lowest BCUT2D eigenvalue weighted by Crippen LogP contribution is -2.55. The maximum atomic E-state index is 6.26. The Bertz CT molecular complexity index is 1050. The van der Waals surface area contributed by atoms with Crippen LogP contribution < -0.4 is 16.4 Å². The van der Waals surface area contributed by atoms with E-state index in [4.69, 9.17) is 28.1 Å². The van der Waals surface area contributed by atoms with Crippen LogP contribution in [0, 0.1) is 0 Å². The first kappa shape index (κ1) is 18.8. The van der Waals surface area contributed by atoms with Crippen LogP contribution in [0.3, 0.4) is 0 Å². The summed E-state index contributed by atoms with van der Waals surface area (Å²) in [5.74, 6) is 1.25. The van der Waals surface area contributed by atoms with Gasteiger partial charge < -0.3 is 16.4 Å². The molecule has 3 atom stereocenters. The summed E-state index contributed by atoms with van der Waals surface area (Å²) in [7, 11) is 0. The SMILES string of the molecule is Nc1nccc(Sc2ccc3nc(N4[C@@H]5CCC[C@H]4CC(N)C5)cnc3n2)c1Cl. The Labute approximate surface area is 178 Å². The molecule has 2 aliphatic rings. The summed E-state index contributed by atoms with van der Waals surface area (Å²) in [5, 5.41) is 1.23. The van der Waals surface area contributed by atoms with Crippen molar-refractivity contribution in [2.24, 2.45) is 5.73 Å². The fourth-order valence-electron chi connectivity index (χ4n) is 4.49. The van der Waals surface area contributed by atoms with Crippen LogP contribution in [0.15, 0.2) is 40.5 Å². The van der Waals surface area contributed by atoms with Crippen molar-refractivity contribution >= 4 is 46.2 Å². The number of anilines is 2. The second-order valence-corrected chi connectivity index (χ2v) is 9.15. The lowest BCUT2D eigenvalue weighted by atomic mass is 9.82. The monoisotopic (exact) mass is 427 g/mol. The minimum absolute atomic E-state index is 0.297. The summed E-state index contributed by atoms with van der Waals surface area (Å²) in [5.41, 5.74) is 13.5. The summed E-state index contributed by atoms with van der Waals surface area (Å²) in [6.45, 7) is 0. The van der Waals surface area contributed by atoms with Gasteiger partial charge in [-0.15, -0.1) is 0 Å². The van der Waals surface area contributed by atoms with E-state index in [2.05, 4.69) is 19.9 Å². The number of hydrogen-bond donors (Lipinski definition) is 2. The van der Waals surface area contributed by atoms with Crippen LogP contribution in [0.1, 0.15) is 32.1 Å². The zero-order valence-electron chi connectivity index (χ0n) is 15.8. The molecule has 3 aromatic heterocycles. The average Bonchev–Trinajstić information content (AvgIpc) is 2.70. The van der Waals surface area contributed by atoms with Crippen molar-refractivity contribution in [2.75, 3.05) is 10.6 Å². The van der Waals surface area contributed by atoms with Crippen LogP contribution in [0.2, 0.25) is 5.02 Å². The van der Waals surface area contributed by atoms with Crippen molar-refractivity contribution in [3.8, 4) is 0 Å². The van der Waals surface area contributed by atoms with Gasteiger partial charge in [0, 0.05) is 29.2 Å². The van der Waals surface area contributed by atoms with Crippen LogP contribution >= 0.6 is 23.4 Å². The highest BCUT2D eigenvalue weighted by atomic mass is 35.5. The number of piperidine rings is 2. The highest BCUT2D eigenvalue weighted by molar-refractivity contribution is 7.99. The van der Waals surface area contributed by atoms with E-state index in [9.17, 15) is 0 Å². The lowest BCUT2D eigenvalue weighted by molar-refractivity contribution is 0.269. The zero-order valence-corrected chi connectivity index (χ0v) is 17.4. The van der Waals surface area contributed by atoms with E-state index in [1.807, 2.05) is 24.4 Å². The van der Waals surface area contributed by atoms with Crippen molar-refractivity contribution in [1.82, 2.24) is 19.9 Å². The Kier molecular flexibility index (Phi) is 4.93. The lowest BCUT2D eigenvalue weighted by Gasteiger charge is -2.48. The van der Waals surface area contributed by atoms with Crippen LogP contribution in [-0.2, 0) is 0 Å². The highest BCUT2D eigenvalue weighted by Crippen LogP contribution is 2.37. The molecule has 5 rings (SSSR count). The Morgan fingerprint density at radius 2 is 1.86 bits per heavy atom. The molecule has 0 aromatic carbocycles. The summed E-state index contributed by atoms with van der Waals surface area (Å²) >= 11 is 7.68. The number of pyridine rings is 2. The van der Waals surface area contributed by atoms with Gasteiger partial charge in [-0.05, 0) is 50.3 Å². The maximum Gasteiger partial charge on any atom is 0.179 e. The van der Waals surface area contributed by atoms with Crippen LogP contribution in [0.25, 0.3) is 11.2 Å². The molecule has 0 radical (unpaired) electrons. The van der Waals surface area contributed by atoms with Crippen molar-refractivity contribution < 1.29 is 0 Å². The first-order chi connectivity index (χ1) is 14.1. The molecule has 2 saturated heterocycles. The molecular weight excluding hydrogens is 406 g/mol. The smallest absolute Gasteiger partial charge is 0.179 e. The van der Waals surface area contributed by atoms with E-state index in [0.29, 0.717) is 34.6 Å². The minimum Gasteiger partial charge on any atom is -0.382 e.